The van der Waals surface area contributed by atoms with E-state index in [0.717, 1.165) is 11.8 Å². The van der Waals surface area contributed by atoms with Crippen molar-refractivity contribution in [3.63, 3.8) is 0 Å². The number of aliphatic carboxylic acids is 1. The summed E-state index contributed by atoms with van der Waals surface area (Å²) in [5.74, 6) is -1.36. The molecule has 2 rings (SSSR count). The molecule has 0 aromatic heterocycles. The first-order valence-electron chi connectivity index (χ1n) is 7.26. The summed E-state index contributed by atoms with van der Waals surface area (Å²) < 4.78 is 37.4. The van der Waals surface area contributed by atoms with Crippen LogP contribution in [0.2, 0.25) is 0 Å². The molecule has 140 valence electrons. The highest BCUT2D eigenvalue weighted by molar-refractivity contribution is 8.26. The van der Waals surface area contributed by atoms with E-state index in [1.807, 2.05) is 0 Å². The SMILES string of the molecule is COc1ccc(C=C2SC(=S)N(CCCC(=O)O)C2=O)cc1S(=O)(=O)O. The van der Waals surface area contributed by atoms with Gasteiger partial charge in [0.2, 0.25) is 0 Å². The molecule has 2 N–H and O–H groups in total. The average Bonchev–Trinajstić information content (AvgIpc) is 2.81. The van der Waals surface area contributed by atoms with Crippen LogP contribution in [0.3, 0.4) is 0 Å². The Morgan fingerprint density at radius 3 is 2.69 bits per heavy atom. The molecule has 0 saturated carbocycles. The summed E-state index contributed by atoms with van der Waals surface area (Å²) in [5.41, 5.74) is 0.365. The Kier molecular flexibility index (Phi) is 6.39. The summed E-state index contributed by atoms with van der Waals surface area (Å²) in [6.07, 6.45) is 1.64. The number of ether oxygens (including phenoxy) is 1. The van der Waals surface area contributed by atoms with Crippen LogP contribution in [0.5, 0.6) is 5.75 Å². The first-order valence-corrected chi connectivity index (χ1v) is 9.92. The van der Waals surface area contributed by atoms with Crippen molar-refractivity contribution >= 4 is 56.4 Å². The number of carboxylic acid groups (broad SMARTS) is 1. The van der Waals surface area contributed by atoms with Crippen LogP contribution in [0, 0.1) is 0 Å². The van der Waals surface area contributed by atoms with E-state index in [-0.39, 0.29) is 35.9 Å². The van der Waals surface area contributed by atoms with Crippen molar-refractivity contribution in [1.29, 1.82) is 0 Å². The standard InChI is InChI=1S/C15H15NO7S3/c1-23-10-5-4-9(8-12(10)26(20,21)22)7-11-14(19)16(15(24)25-11)6-2-3-13(17)18/h4-5,7-8H,2-3,6H2,1H3,(H,17,18)(H,20,21,22). The number of nitrogens with zero attached hydrogens (tertiary/aromatic N) is 1. The highest BCUT2D eigenvalue weighted by atomic mass is 32.2. The smallest absolute Gasteiger partial charge is 0.303 e. The minimum Gasteiger partial charge on any atom is -0.495 e. The van der Waals surface area contributed by atoms with Crippen molar-refractivity contribution in [2.45, 2.75) is 17.7 Å². The Morgan fingerprint density at radius 2 is 2.12 bits per heavy atom. The van der Waals surface area contributed by atoms with E-state index in [1.165, 1.54) is 36.3 Å². The van der Waals surface area contributed by atoms with E-state index >= 15 is 0 Å². The number of hydrogen-bond acceptors (Lipinski definition) is 7. The maximum atomic E-state index is 12.4. The summed E-state index contributed by atoms with van der Waals surface area (Å²) in [6.45, 7) is 0.188. The highest BCUT2D eigenvalue weighted by Crippen LogP contribution is 2.34. The van der Waals surface area contributed by atoms with Crippen LogP contribution in [0.4, 0.5) is 0 Å². The Balaban J connectivity index is 2.26. The number of benzene rings is 1. The number of hydrogen-bond donors (Lipinski definition) is 2. The van der Waals surface area contributed by atoms with Gasteiger partial charge in [-0.25, -0.2) is 0 Å². The Hall–Kier alpha value is -1.95. The van der Waals surface area contributed by atoms with Crippen molar-refractivity contribution < 1.29 is 32.4 Å². The number of amides is 1. The van der Waals surface area contributed by atoms with Crippen molar-refractivity contribution in [3.05, 3.63) is 28.7 Å². The Morgan fingerprint density at radius 1 is 1.42 bits per heavy atom. The molecule has 26 heavy (non-hydrogen) atoms. The molecule has 1 aromatic carbocycles. The van der Waals surface area contributed by atoms with Crippen LogP contribution in [0.25, 0.3) is 6.08 Å². The molecule has 1 fully saturated rings. The van der Waals surface area contributed by atoms with Gasteiger partial charge >= 0.3 is 5.97 Å². The molecule has 1 saturated heterocycles. The number of carbonyl (C=O) groups is 2. The second kappa shape index (κ2) is 8.16. The topological polar surface area (TPSA) is 121 Å². The lowest BCUT2D eigenvalue weighted by atomic mass is 10.2. The first kappa shape index (κ1) is 20.4. The van der Waals surface area contributed by atoms with Gasteiger partial charge in [0.25, 0.3) is 16.0 Å². The van der Waals surface area contributed by atoms with Crippen LogP contribution in [-0.2, 0) is 19.7 Å². The number of thiocarbonyl (C=S) groups is 1. The van der Waals surface area contributed by atoms with Crippen LogP contribution in [-0.4, -0.2) is 52.8 Å². The minimum atomic E-state index is -4.49. The number of rotatable bonds is 7. The largest absolute Gasteiger partial charge is 0.495 e. The van der Waals surface area contributed by atoms with Gasteiger partial charge < -0.3 is 9.84 Å². The number of thioether (sulfide) groups is 1. The second-order valence-corrected chi connectivity index (χ2v) is 8.28. The molecule has 0 bridgehead atoms. The predicted octanol–water partition coefficient (Wildman–Crippen LogP) is 2.01. The summed E-state index contributed by atoms with van der Waals surface area (Å²) >= 11 is 6.18. The molecular weight excluding hydrogens is 402 g/mol. The molecule has 11 heteroatoms. The van der Waals surface area contributed by atoms with Gasteiger partial charge in [-0.2, -0.15) is 8.42 Å². The average molecular weight is 417 g/mol. The van der Waals surface area contributed by atoms with Crippen molar-refractivity contribution in [1.82, 2.24) is 4.90 Å². The fraction of sp³-hybridized carbons (Fsp3) is 0.267. The quantitative estimate of drug-likeness (QED) is 0.390. The Bertz CT molecular complexity index is 893. The summed E-state index contributed by atoms with van der Waals surface area (Å²) in [5, 5.41) is 8.67. The molecule has 8 nitrogen and oxygen atoms in total. The van der Waals surface area contributed by atoms with E-state index in [4.69, 9.17) is 22.1 Å². The molecule has 1 aliphatic heterocycles. The Labute approximate surface area is 159 Å². The lowest BCUT2D eigenvalue weighted by molar-refractivity contribution is -0.137. The lowest BCUT2D eigenvalue weighted by Crippen LogP contribution is -2.29. The molecule has 0 aliphatic carbocycles. The van der Waals surface area contributed by atoms with Gasteiger partial charge in [-0.1, -0.05) is 30.0 Å². The van der Waals surface area contributed by atoms with Gasteiger partial charge in [-0.3, -0.25) is 19.0 Å². The molecule has 0 radical (unpaired) electrons. The normalized spacial score (nSPS) is 16.4. The second-order valence-electron chi connectivity index (χ2n) is 5.22. The van der Waals surface area contributed by atoms with Gasteiger partial charge in [0, 0.05) is 13.0 Å². The highest BCUT2D eigenvalue weighted by Gasteiger charge is 2.31. The molecule has 1 heterocycles. The predicted molar refractivity (Wildman–Crippen MR) is 99.6 cm³/mol. The van der Waals surface area contributed by atoms with Gasteiger partial charge in [-0.15, -0.1) is 0 Å². The number of carbonyl (C=O) groups excluding carboxylic acids is 1. The van der Waals surface area contributed by atoms with Crippen LogP contribution in [0.15, 0.2) is 28.0 Å². The van der Waals surface area contributed by atoms with Crippen molar-refractivity contribution in [2.24, 2.45) is 0 Å². The van der Waals surface area contributed by atoms with Gasteiger partial charge in [0.15, 0.2) is 0 Å². The molecule has 1 aromatic rings. The molecule has 1 amide bonds. The third kappa shape index (κ3) is 4.81. The van der Waals surface area contributed by atoms with Crippen LogP contribution >= 0.6 is 24.0 Å². The third-order valence-electron chi connectivity index (χ3n) is 3.41. The van der Waals surface area contributed by atoms with E-state index in [1.54, 1.807) is 0 Å². The van der Waals surface area contributed by atoms with E-state index < -0.39 is 21.0 Å². The van der Waals surface area contributed by atoms with Crippen molar-refractivity contribution in [2.75, 3.05) is 13.7 Å². The number of methoxy groups -OCH3 is 1. The van der Waals surface area contributed by atoms with E-state index in [0.29, 0.717) is 9.88 Å². The molecule has 1 aliphatic rings. The summed E-state index contributed by atoms with van der Waals surface area (Å²) in [4.78, 5) is 24.2. The lowest BCUT2D eigenvalue weighted by Gasteiger charge is -2.13. The zero-order chi connectivity index (χ0) is 19.5. The monoisotopic (exact) mass is 417 g/mol. The fourth-order valence-corrected chi connectivity index (χ4v) is 4.22. The maximum Gasteiger partial charge on any atom is 0.303 e. The molecular formula is C15H15NO7S3. The minimum absolute atomic E-state index is 0.0223. The zero-order valence-electron chi connectivity index (χ0n) is 13.5. The van der Waals surface area contributed by atoms with Gasteiger partial charge in [0.1, 0.15) is 15.0 Å². The zero-order valence-corrected chi connectivity index (χ0v) is 16.0. The van der Waals surface area contributed by atoms with Crippen LogP contribution in [0.1, 0.15) is 18.4 Å². The van der Waals surface area contributed by atoms with E-state index in [9.17, 15) is 22.6 Å². The molecule has 0 unspecified atom stereocenters. The first-order chi connectivity index (χ1) is 12.1. The summed E-state index contributed by atoms with van der Waals surface area (Å²) in [6, 6.07) is 4.08. The van der Waals surface area contributed by atoms with Gasteiger partial charge in [-0.05, 0) is 30.2 Å². The van der Waals surface area contributed by atoms with Gasteiger partial charge in [0.05, 0.1) is 12.0 Å². The maximum absolute atomic E-state index is 12.4. The molecule has 0 spiro atoms. The summed E-state index contributed by atoms with van der Waals surface area (Å²) in [7, 11) is -3.22. The van der Waals surface area contributed by atoms with Crippen LogP contribution < -0.4 is 4.74 Å². The third-order valence-corrected chi connectivity index (χ3v) is 5.66. The number of carboxylic acids is 1. The molecule has 0 atom stereocenters. The van der Waals surface area contributed by atoms with Crippen molar-refractivity contribution in [3.8, 4) is 5.75 Å². The fourth-order valence-electron chi connectivity index (χ4n) is 2.22. The van der Waals surface area contributed by atoms with E-state index in [2.05, 4.69) is 0 Å².